The van der Waals surface area contributed by atoms with Gasteiger partial charge in [-0.3, -0.25) is 4.98 Å². The Morgan fingerprint density at radius 3 is 2.86 bits per heavy atom. The smallest absolute Gasteiger partial charge is 0.132 e. The second kappa shape index (κ2) is 6.81. The predicted molar refractivity (Wildman–Crippen MR) is 82.4 cm³/mol. The molecule has 116 valence electrons. The van der Waals surface area contributed by atoms with Gasteiger partial charge in [-0.05, 0) is 24.1 Å². The van der Waals surface area contributed by atoms with Gasteiger partial charge >= 0.3 is 0 Å². The van der Waals surface area contributed by atoms with Crippen molar-refractivity contribution in [1.29, 1.82) is 0 Å². The van der Waals surface area contributed by atoms with Crippen molar-refractivity contribution in [2.24, 2.45) is 5.92 Å². The molecule has 6 heteroatoms. The number of aliphatic hydroxyl groups is 1. The van der Waals surface area contributed by atoms with E-state index >= 15 is 0 Å². The summed E-state index contributed by atoms with van der Waals surface area (Å²) >= 11 is 0. The molecule has 1 saturated heterocycles. The fourth-order valence-corrected chi connectivity index (χ4v) is 2.85. The molecule has 0 radical (unpaired) electrons. The number of hydrogen-bond donors (Lipinski definition) is 1. The van der Waals surface area contributed by atoms with Gasteiger partial charge < -0.3 is 14.7 Å². The second-order valence-electron chi connectivity index (χ2n) is 5.59. The maximum absolute atomic E-state index is 10.3. The highest BCUT2D eigenvalue weighted by molar-refractivity contribution is 5.41. The number of ether oxygens (including phenoxy) is 1. The van der Waals surface area contributed by atoms with Crippen molar-refractivity contribution in [1.82, 2.24) is 15.0 Å². The van der Waals surface area contributed by atoms with Crippen LogP contribution in [0.2, 0.25) is 0 Å². The molecule has 2 atom stereocenters. The molecule has 2 aromatic rings. The van der Waals surface area contributed by atoms with E-state index in [1.807, 2.05) is 18.2 Å². The first-order chi connectivity index (χ1) is 10.8. The lowest BCUT2D eigenvalue weighted by molar-refractivity contribution is 0.148. The molecule has 3 rings (SSSR count). The van der Waals surface area contributed by atoms with E-state index in [-0.39, 0.29) is 12.0 Å². The largest absolute Gasteiger partial charge is 0.391 e. The molecule has 0 aromatic carbocycles. The molecule has 1 N–H and O–H groups in total. The van der Waals surface area contributed by atoms with Crippen LogP contribution in [0, 0.1) is 5.92 Å². The van der Waals surface area contributed by atoms with Gasteiger partial charge in [-0.15, -0.1) is 0 Å². The number of methoxy groups -OCH3 is 1. The highest BCUT2D eigenvalue weighted by atomic mass is 16.5. The Hall–Kier alpha value is -2.05. The average molecular weight is 300 g/mol. The zero-order valence-electron chi connectivity index (χ0n) is 12.6. The summed E-state index contributed by atoms with van der Waals surface area (Å²) in [7, 11) is 1.64. The van der Waals surface area contributed by atoms with E-state index in [0.717, 1.165) is 24.5 Å². The molecule has 0 bridgehead atoms. The maximum Gasteiger partial charge on any atom is 0.132 e. The molecule has 0 aliphatic carbocycles. The van der Waals surface area contributed by atoms with Crippen molar-refractivity contribution in [2.75, 3.05) is 25.1 Å². The second-order valence-corrected chi connectivity index (χ2v) is 5.59. The van der Waals surface area contributed by atoms with Gasteiger partial charge in [-0.2, -0.15) is 0 Å². The summed E-state index contributed by atoms with van der Waals surface area (Å²) in [4.78, 5) is 14.6. The van der Waals surface area contributed by atoms with Gasteiger partial charge in [0.25, 0.3) is 0 Å². The molecule has 2 aromatic heterocycles. The average Bonchev–Trinajstić information content (AvgIpc) is 2.90. The summed E-state index contributed by atoms with van der Waals surface area (Å²) in [6.07, 6.45) is 5.61. The Labute approximate surface area is 129 Å². The van der Waals surface area contributed by atoms with Crippen molar-refractivity contribution in [3.05, 3.63) is 48.2 Å². The van der Waals surface area contributed by atoms with Crippen LogP contribution in [-0.2, 0) is 17.8 Å². The first-order valence-corrected chi connectivity index (χ1v) is 7.38. The normalized spacial score (nSPS) is 21.3. The van der Waals surface area contributed by atoms with Crippen LogP contribution in [-0.4, -0.2) is 46.4 Å². The Balaban J connectivity index is 1.68. The molecule has 0 unspecified atom stereocenters. The van der Waals surface area contributed by atoms with Crippen molar-refractivity contribution in [3.63, 3.8) is 0 Å². The quantitative estimate of drug-likeness (QED) is 0.890. The highest BCUT2D eigenvalue weighted by Crippen LogP contribution is 2.25. The molecular formula is C16H20N4O2. The zero-order chi connectivity index (χ0) is 15.4. The van der Waals surface area contributed by atoms with Crippen molar-refractivity contribution in [2.45, 2.75) is 19.1 Å². The summed E-state index contributed by atoms with van der Waals surface area (Å²) in [5.41, 5.74) is 2.04. The standard InChI is InChI=1S/C16H20N4O2/c1-22-10-14-7-16(19-11-18-14)20-8-13(15(21)9-20)6-12-2-4-17-5-3-12/h2-5,7,11,13,15,21H,6,8-10H2,1H3/t13-,15+/m1/s1. The van der Waals surface area contributed by atoms with E-state index in [1.54, 1.807) is 25.8 Å². The third kappa shape index (κ3) is 3.40. The van der Waals surface area contributed by atoms with Crippen LogP contribution in [0.1, 0.15) is 11.3 Å². The fourth-order valence-electron chi connectivity index (χ4n) is 2.85. The van der Waals surface area contributed by atoms with Gasteiger partial charge in [-0.1, -0.05) is 0 Å². The van der Waals surface area contributed by atoms with Crippen molar-refractivity contribution >= 4 is 5.82 Å². The van der Waals surface area contributed by atoms with Gasteiger partial charge in [0.1, 0.15) is 12.1 Å². The Kier molecular flexibility index (Phi) is 4.60. The minimum absolute atomic E-state index is 0.197. The SMILES string of the molecule is COCc1cc(N2C[C@@H](Cc3ccncc3)[C@@H](O)C2)ncn1. The number of aromatic nitrogens is 3. The van der Waals surface area contributed by atoms with E-state index < -0.39 is 0 Å². The van der Waals surface area contributed by atoms with Gasteiger partial charge in [0.15, 0.2) is 0 Å². The molecule has 0 saturated carbocycles. The van der Waals surface area contributed by atoms with Gasteiger partial charge in [0.05, 0.1) is 18.4 Å². The topological polar surface area (TPSA) is 71.4 Å². The monoisotopic (exact) mass is 300 g/mol. The Morgan fingerprint density at radius 1 is 1.27 bits per heavy atom. The van der Waals surface area contributed by atoms with Gasteiger partial charge in [0, 0.05) is 44.6 Å². The highest BCUT2D eigenvalue weighted by Gasteiger charge is 2.32. The number of pyridine rings is 1. The maximum atomic E-state index is 10.3. The summed E-state index contributed by atoms with van der Waals surface area (Å²) < 4.78 is 5.10. The molecule has 1 fully saturated rings. The van der Waals surface area contributed by atoms with Crippen LogP contribution in [0.4, 0.5) is 5.82 Å². The van der Waals surface area contributed by atoms with Gasteiger partial charge in [-0.25, -0.2) is 9.97 Å². The predicted octanol–water partition coefficient (Wildman–Crippen LogP) is 1.06. The Bertz CT molecular complexity index is 608. The van der Waals surface area contributed by atoms with Crippen molar-refractivity contribution in [3.8, 4) is 0 Å². The lowest BCUT2D eigenvalue weighted by Crippen LogP contribution is -2.22. The lowest BCUT2D eigenvalue weighted by Gasteiger charge is -2.17. The molecule has 1 aliphatic heterocycles. The van der Waals surface area contributed by atoms with E-state index in [4.69, 9.17) is 4.74 Å². The number of anilines is 1. The van der Waals surface area contributed by atoms with E-state index in [2.05, 4.69) is 19.9 Å². The van der Waals surface area contributed by atoms with Crippen LogP contribution >= 0.6 is 0 Å². The molecule has 6 nitrogen and oxygen atoms in total. The number of nitrogens with zero attached hydrogens (tertiary/aromatic N) is 4. The summed E-state index contributed by atoms with van der Waals surface area (Å²) in [6.45, 7) is 1.85. The first-order valence-electron chi connectivity index (χ1n) is 7.38. The van der Waals surface area contributed by atoms with Gasteiger partial charge in [0.2, 0.25) is 0 Å². The number of rotatable bonds is 5. The van der Waals surface area contributed by atoms with E-state index in [9.17, 15) is 5.11 Å². The number of hydrogen-bond acceptors (Lipinski definition) is 6. The van der Waals surface area contributed by atoms with Crippen LogP contribution in [0.3, 0.4) is 0 Å². The summed E-state index contributed by atoms with van der Waals surface area (Å²) in [6, 6.07) is 5.92. The molecule has 3 heterocycles. The number of β-amino-alcohol motifs (C(OH)–C–C–N with tert-alkyl or cyclic N) is 1. The third-order valence-corrected chi connectivity index (χ3v) is 3.98. The van der Waals surface area contributed by atoms with Crippen LogP contribution in [0.25, 0.3) is 0 Å². The minimum atomic E-state index is -0.353. The fraction of sp³-hybridized carbons (Fsp3) is 0.438. The summed E-state index contributed by atoms with van der Waals surface area (Å²) in [5.74, 6) is 1.04. The minimum Gasteiger partial charge on any atom is -0.391 e. The molecule has 22 heavy (non-hydrogen) atoms. The molecule has 1 aliphatic rings. The van der Waals surface area contributed by atoms with Crippen LogP contribution in [0.5, 0.6) is 0 Å². The first kappa shape index (κ1) is 14.9. The van der Waals surface area contributed by atoms with Crippen molar-refractivity contribution < 1.29 is 9.84 Å². The zero-order valence-corrected chi connectivity index (χ0v) is 12.6. The Morgan fingerprint density at radius 2 is 2.09 bits per heavy atom. The van der Waals surface area contributed by atoms with E-state index in [0.29, 0.717) is 13.2 Å². The summed E-state index contributed by atoms with van der Waals surface area (Å²) in [5, 5.41) is 10.3. The molecular weight excluding hydrogens is 280 g/mol. The molecule has 0 amide bonds. The molecule has 0 spiro atoms. The van der Waals surface area contributed by atoms with Crippen LogP contribution in [0.15, 0.2) is 36.9 Å². The number of aliphatic hydroxyl groups excluding tert-OH is 1. The lowest BCUT2D eigenvalue weighted by atomic mass is 9.97. The van der Waals surface area contributed by atoms with Crippen LogP contribution < -0.4 is 4.90 Å². The third-order valence-electron chi connectivity index (χ3n) is 3.98. The van der Waals surface area contributed by atoms with E-state index in [1.165, 1.54) is 5.56 Å².